The van der Waals surface area contributed by atoms with E-state index in [-0.39, 0.29) is 6.61 Å². The first-order valence-electron chi connectivity index (χ1n) is 7.04. The van der Waals surface area contributed by atoms with Gasteiger partial charge in [-0.3, -0.25) is 0 Å². The number of aryl methyl sites for hydroxylation is 2. The van der Waals surface area contributed by atoms with Crippen LogP contribution < -0.4 is 9.47 Å². The number of ether oxygens (including phenoxy) is 2. The molecule has 1 atom stereocenters. The van der Waals surface area contributed by atoms with E-state index in [2.05, 4.69) is 13.0 Å². The Kier molecular flexibility index (Phi) is 4.86. The van der Waals surface area contributed by atoms with Gasteiger partial charge in [0.25, 0.3) is 0 Å². The van der Waals surface area contributed by atoms with Crippen molar-refractivity contribution >= 4 is 0 Å². The van der Waals surface area contributed by atoms with Crippen molar-refractivity contribution in [1.29, 1.82) is 0 Å². The fourth-order valence-electron chi connectivity index (χ4n) is 2.35. The number of aliphatic hydroxyl groups is 1. The minimum Gasteiger partial charge on any atom is -0.496 e. The third-order valence-electron chi connectivity index (χ3n) is 3.66. The lowest BCUT2D eigenvalue weighted by Gasteiger charge is -2.17. The Bertz CT molecular complexity index is 620. The van der Waals surface area contributed by atoms with E-state index in [1.165, 1.54) is 5.56 Å². The van der Waals surface area contributed by atoms with Crippen molar-refractivity contribution in [3.05, 3.63) is 58.7 Å². The Morgan fingerprint density at radius 2 is 1.76 bits per heavy atom. The maximum Gasteiger partial charge on any atom is 0.124 e. The van der Waals surface area contributed by atoms with Crippen LogP contribution in [-0.2, 0) is 0 Å². The smallest absolute Gasteiger partial charge is 0.124 e. The summed E-state index contributed by atoms with van der Waals surface area (Å²) in [6.07, 6.45) is -0.721. The fourth-order valence-corrected chi connectivity index (χ4v) is 2.35. The van der Waals surface area contributed by atoms with Gasteiger partial charge < -0.3 is 14.6 Å². The number of aliphatic hydroxyl groups excluding tert-OH is 1. The number of hydrogen-bond donors (Lipinski definition) is 1. The van der Waals surface area contributed by atoms with Crippen LogP contribution in [-0.4, -0.2) is 18.8 Å². The molecule has 0 radical (unpaired) electrons. The topological polar surface area (TPSA) is 38.7 Å². The van der Waals surface area contributed by atoms with Crippen LogP contribution in [0.2, 0.25) is 0 Å². The molecule has 2 aromatic carbocycles. The van der Waals surface area contributed by atoms with Gasteiger partial charge >= 0.3 is 0 Å². The van der Waals surface area contributed by atoms with Gasteiger partial charge in [0.15, 0.2) is 0 Å². The summed E-state index contributed by atoms with van der Waals surface area (Å²) in [4.78, 5) is 0. The van der Waals surface area contributed by atoms with Crippen LogP contribution in [0.4, 0.5) is 0 Å². The van der Waals surface area contributed by atoms with Gasteiger partial charge in [-0.2, -0.15) is 0 Å². The standard InChI is InChI=1S/C18H22O3/c1-12-9-13(2)14(3)18(10-12)21-11-16(19)15-7-5-6-8-17(15)20-4/h5-10,16,19H,11H2,1-4H3. The summed E-state index contributed by atoms with van der Waals surface area (Å²) in [6, 6.07) is 11.6. The zero-order valence-electron chi connectivity index (χ0n) is 13.0. The molecule has 0 aliphatic heterocycles. The SMILES string of the molecule is COc1ccccc1C(O)COc1cc(C)cc(C)c1C. The highest BCUT2D eigenvalue weighted by Gasteiger charge is 2.14. The largest absolute Gasteiger partial charge is 0.496 e. The molecule has 3 nitrogen and oxygen atoms in total. The number of para-hydroxylation sites is 1. The molecule has 0 aliphatic carbocycles. The van der Waals surface area contributed by atoms with Crippen LogP contribution >= 0.6 is 0 Å². The second kappa shape index (κ2) is 6.64. The molecule has 0 amide bonds. The first-order chi connectivity index (χ1) is 10.0. The lowest BCUT2D eigenvalue weighted by molar-refractivity contribution is 0.105. The van der Waals surface area contributed by atoms with Crippen LogP contribution in [0.1, 0.15) is 28.4 Å². The lowest BCUT2D eigenvalue weighted by atomic mass is 10.1. The summed E-state index contributed by atoms with van der Waals surface area (Å²) in [5.74, 6) is 1.49. The zero-order valence-corrected chi connectivity index (χ0v) is 13.0. The maximum absolute atomic E-state index is 10.3. The molecule has 0 heterocycles. The van der Waals surface area contributed by atoms with E-state index < -0.39 is 6.10 Å². The summed E-state index contributed by atoms with van der Waals surface area (Å²) in [6.45, 7) is 6.32. The molecule has 0 saturated carbocycles. The summed E-state index contributed by atoms with van der Waals surface area (Å²) < 4.78 is 11.1. The molecule has 112 valence electrons. The first kappa shape index (κ1) is 15.4. The third kappa shape index (κ3) is 3.56. The molecule has 1 unspecified atom stereocenters. The highest BCUT2D eigenvalue weighted by molar-refractivity contribution is 5.42. The zero-order chi connectivity index (χ0) is 15.4. The monoisotopic (exact) mass is 286 g/mol. The van der Waals surface area contributed by atoms with Crippen molar-refractivity contribution in [2.75, 3.05) is 13.7 Å². The van der Waals surface area contributed by atoms with Crippen molar-refractivity contribution in [3.63, 3.8) is 0 Å². The van der Waals surface area contributed by atoms with Gasteiger partial charge in [-0.25, -0.2) is 0 Å². The van der Waals surface area contributed by atoms with E-state index in [0.29, 0.717) is 5.75 Å². The molecule has 3 heteroatoms. The Labute approximate surface area is 126 Å². The molecule has 0 aliphatic rings. The Morgan fingerprint density at radius 1 is 1.05 bits per heavy atom. The van der Waals surface area contributed by atoms with E-state index in [4.69, 9.17) is 9.47 Å². The predicted octanol–water partition coefficient (Wildman–Crippen LogP) is 3.73. The van der Waals surface area contributed by atoms with E-state index in [1.54, 1.807) is 7.11 Å². The van der Waals surface area contributed by atoms with Gasteiger partial charge in [0.2, 0.25) is 0 Å². The molecule has 2 aromatic rings. The summed E-state index contributed by atoms with van der Waals surface area (Å²) in [7, 11) is 1.60. The molecular weight excluding hydrogens is 264 g/mol. The number of hydrogen-bond acceptors (Lipinski definition) is 3. The van der Waals surface area contributed by atoms with Crippen molar-refractivity contribution in [2.24, 2.45) is 0 Å². The second-order valence-electron chi connectivity index (χ2n) is 5.27. The van der Waals surface area contributed by atoms with E-state index in [9.17, 15) is 5.11 Å². The molecule has 0 saturated heterocycles. The maximum atomic E-state index is 10.3. The van der Waals surface area contributed by atoms with Gasteiger partial charge in [0.05, 0.1) is 7.11 Å². The molecule has 0 fully saturated rings. The van der Waals surface area contributed by atoms with Gasteiger partial charge in [-0.05, 0) is 49.6 Å². The second-order valence-corrected chi connectivity index (χ2v) is 5.27. The molecule has 0 spiro atoms. The average molecular weight is 286 g/mol. The Morgan fingerprint density at radius 3 is 2.48 bits per heavy atom. The molecular formula is C18H22O3. The summed E-state index contributed by atoms with van der Waals surface area (Å²) in [5, 5.41) is 10.3. The van der Waals surface area contributed by atoms with Gasteiger partial charge in [0, 0.05) is 5.56 Å². The van der Waals surface area contributed by atoms with Gasteiger partial charge in [-0.15, -0.1) is 0 Å². The van der Waals surface area contributed by atoms with Crippen LogP contribution in [0.5, 0.6) is 11.5 Å². The minimum atomic E-state index is -0.721. The van der Waals surface area contributed by atoms with Crippen LogP contribution in [0.25, 0.3) is 0 Å². The highest BCUT2D eigenvalue weighted by Crippen LogP contribution is 2.27. The Balaban J connectivity index is 2.13. The quantitative estimate of drug-likeness (QED) is 0.910. The highest BCUT2D eigenvalue weighted by atomic mass is 16.5. The fraction of sp³-hybridized carbons (Fsp3) is 0.333. The Hall–Kier alpha value is -2.00. The van der Waals surface area contributed by atoms with Crippen LogP contribution in [0.15, 0.2) is 36.4 Å². The van der Waals surface area contributed by atoms with E-state index >= 15 is 0 Å². The molecule has 0 bridgehead atoms. The molecule has 0 aromatic heterocycles. The van der Waals surface area contributed by atoms with Crippen molar-refractivity contribution in [3.8, 4) is 11.5 Å². The molecule has 21 heavy (non-hydrogen) atoms. The minimum absolute atomic E-state index is 0.199. The summed E-state index contributed by atoms with van der Waals surface area (Å²) in [5.41, 5.74) is 4.19. The normalized spacial score (nSPS) is 12.0. The van der Waals surface area contributed by atoms with Gasteiger partial charge in [0.1, 0.15) is 24.2 Å². The van der Waals surface area contributed by atoms with E-state index in [0.717, 1.165) is 22.4 Å². The van der Waals surface area contributed by atoms with Crippen LogP contribution in [0.3, 0.4) is 0 Å². The predicted molar refractivity (Wildman–Crippen MR) is 84.1 cm³/mol. The van der Waals surface area contributed by atoms with Crippen molar-refractivity contribution in [2.45, 2.75) is 26.9 Å². The van der Waals surface area contributed by atoms with Crippen LogP contribution in [0, 0.1) is 20.8 Å². The molecule has 1 N–H and O–H groups in total. The third-order valence-corrected chi connectivity index (χ3v) is 3.66. The number of benzene rings is 2. The first-order valence-corrected chi connectivity index (χ1v) is 7.04. The lowest BCUT2D eigenvalue weighted by Crippen LogP contribution is -2.11. The van der Waals surface area contributed by atoms with Crippen molar-refractivity contribution < 1.29 is 14.6 Å². The van der Waals surface area contributed by atoms with Gasteiger partial charge in [-0.1, -0.05) is 24.3 Å². The number of rotatable bonds is 5. The molecule has 2 rings (SSSR count). The number of methoxy groups -OCH3 is 1. The average Bonchev–Trinajstić information content (AvgIpc) is 2.49. The van der Waals surface area contributed by atoms with Crippen molar-refractivity contribution in [1.82, 2.24) is 0 Å². The van der Waals surface area contributed by atoms with E-state index in [1.807, 2.05) is 44.2 Å². The summed E-state index contributed by atoms with van der Waals surface area (Å²) >= 11 is 0.